The van der Waals surface area contributed by atoms with E-state index in [9.17, 15) is 0 Å². The predicted octanol–water partition coefficient (Wildman–Crippen LogP) is 7.16. The lowest BCUT2D eigenvalue weighted by atomic mass is 10.3. The van der Waals surface area contributed by atoms with Gasteiger partial charge in [0.05, 0.1) is 0 Å². The van der Waals surface area contributed by atoms with Crippen molar-refractivity contribution in [2.24, 2.45) is 0 Å². The van der Waals surface area contributed by atoms with Crippen LogP contribution in [0.2, 0.25) is 90.7 Å². The highest BCUT2D eigenvalue weighted by Crippen LogP contribution is 2.32. The zero-order valence-electron chi connectivity index (χ0n) is 27.3. The lowest BCUT2D eigenvalue weighted by Gasteiger charge is -2.45. The molecule has 2 unspecified atom stereocenters. The molecule has 0 aliphatic carbocycles. The van der Waals surface area contributed by atoms with E-state index in [0.717, 1.165) is 51.0 Å². The van der Waals surface area contributed by atoms with Gasteiger partial charge in [-0.25, -0.2) is 0 Å². The Hall–Kier alpha value is 0.981. The Bertz CT molecular complexity index is 644. The van der Waals surface area contributed by atoms with Gasteiger partial charge in [-0.3, -0.25) is 0 Å². The van der Waals surface area contributed by atoms with Crippen LogP contribution in [0.25, 0.3) is 0 Å². The van der Waals surface area contributed by atoms with Gasteiger partial charge in [-0.1, -0.05) is 0 Å². The molecule has 0 amide bonds. The number of hydrogen-bond acceptors (Lipinski definition) is 8. The third kappa shape index (κ3) is 20.8. The summed E-state index contributed by atoms with van der Waals surface area (Å²) in [7, 11) is -10.3. The zero-order chi connectivity index (χ0) is 29.7. The molecule has 0 aliphatic heterocycles. The van der Waals surface area contributed by atoms with E-state index in [-0.39, 0.29) is 0 Å². The molecular weight excluding hydrogens is 585 g/mol. The van der Waals surface area contributed by atoms with Crippen molar-refractivity contribution in [2.75, 3.05) is 40.6 Å². The van der Waals surface area contributed by atoms with Crippen LogP contribution >= 0.6 is 0 Å². The van der Waals surface area contributed by atoms with Crippen LogP contribution in [-0.2, 0) is 34.8 Å². The highest BCUT2D eigenvalue weighted by Gasteiger charge is 2.50. The second-order valence-corrected chi connectivity index (χ2v) is 37.0. The van der Waals surface area contributed by atoms with Crippen molar-refractivity contribution in [1.29, 1.82) is 0 Å². The van der Waals surface area contributed by atoms with Gasteiger partial charge >= 0.3 is 34.2 Å². The number of methoxy groups -OCH3 is 2. The largest absolute Gasteiger partial charge is 0.437 e. The van der Waals surface area contributed by atoms with Gasteiger partial charge in [-0.15, -0.1) is 0 Å². The average molecular weight is 647 g/mol. The van der Waals surface area contributed by atoms with Crippen LogP contribution in [0.4, 0.5) is 0 Å². The SMILES string of the molecule is COCCCCOCCC[Si](C)(O[Si](C)(C)O[Si](C)(C)C)O[Si](C)(CCCOC)O[Si](C)(C)O[Si](C)(C)C. The number of rotatable bonds is 23. The van der Waals surface area contributed by atoms with Crippen LogP contribution in [0.3, 0.4) is 0 Å². The molecule has 14 heteroatoms. The lowest BCUT2D eigenvalue weighted by molar-refractivity contribution is 0.118. The minimum Gasteiger partial charge on any atom is -0.437 e. The van der Waals surface area contributed by atoms with Crippen molar-refractivity contribution in [2.45, 2.75) is 116 Å². The van der Waals surface area contributed by atoms with Crippen molar-refractivity contribution in [1.82, 2.24) is 0 Å². The van der Waals surface area contributed by atoms with E-state index in [1.807, 2.05) is 0 Å². The van der Waals surface area contributed by atoms with E-state index in [1.54, 1.807) is 14.2 Å². The summed E-state index contributed by atoms with van der Waals surface area (Å²) >= 11 is 0. The van der Waals surface area contributed by atoms with Gasteiger partial charge in [0, 0.05) is 40.6 Å². The molecule has 0 bridgehead atoms. The first-order valence-electron chi connectivity index (χ1n) is 14.2. The summed E-state index contributed by atoms with van der Waals surface area (Å²) in [5, 5.41) is 0. The molecule has 0 aromatic carbocycles. The summed E-state index contributed by atoms with van der Waals surface area (Å²) in [4.78, 5) is 0. The maximum Gasteiger partial charge on any atom is 0.317 e. The van der Waals surface area contributed by atoms with Crippen LogP contribution in [-0.4, -0.2) is 91.5 Å². The normalized spacial score (nSPS) is 16.9. The van der Waals surface area contributed by atoms with Crippen molar-refractivity contribution in [3.05, 3.63) is 0 Å². The van der Waals surface area contributed by atoms with Gasteiger partial charge in [-0.05, 0) is 116 Å². The van der Waals surface area contributed by atoms with Gasteiger partial charge in [-0.2, -0.15) is 0 Å². The summed E-state index contributed by atoms with van der Waals surface area (Å²) in [6.07, 6.45) is 3.80. The van der Waals surface area contributed by atoms with Crippen molar-refractivity contribution < 1.29 is 34.8 Å². The predicted molar refractivity (Wildman–Crippen MR) is 173 cm³/mol. The third-order valence-electron chi connectivity index (χ3n) is 5.25. The van der Waals surface area contributed by atoms with Gasteiger partial charge in [0.1, 0.15) is 0 Å². The fourth-order valence-corrected chi connectivity index (χ4v) is 34.0. The molecule has 0 spiro atoms. The molecule has 0 aromatic rings. The molecule has 0 radical (unpaired) electrons. The molecule has 38 heavy (non-hydrogen) atoms. The van der Waals surface area contributed by atoms with Gasteiger partial charge in [0.2, 0.25) is 0 Å². The van der Waals surface area contributed by atoms with E-state index in [4.69, 9.17) is 34.8 Å². The van der Waals surface area contributed by atoms with E-state index >= 15 is 0 Å². The molecule has 0 saturated carbocycles. The molecular formula is C24H62O8Si6. The molecule has 0 rings (SSSR count). The minimum atomic E-state index is -2.69. The summed E-state index contributed by atoms with van der Waals surface area (Å²) in [5.74, 6) is 0. The Labute approximate surface area is 242 Å². The van der Waals surface area contributed by atoms with Crippen LogP contribution in [0.1, 0.15) is 25.7 Å². The molecule has 0 fully saturated rings. The van der Waals surface area contributed by atoms with E-state index in [2.05, 4.69) is 78.6 Å². The Morgan fingerprint density at radius 2 is 0.737 bits per heavy atom. The van der Waals surface area contributed by atoms with E-state index < -0.39 is 50.9 Å². The first-order chi connectivity index (χ1) is 17.2. The second kappa shape index (κ2) is 17.2. The van der Waals surface area contributed by atoms with E-state index in [0.29, 0.717) is 13.2 Å². The summed E-state index contributed by atoms with van der Waals surface area (Å²) < 4.78 is 50.7. The monoisotopic (exact) mass is 646 g/mol. The number of ether oxygens (including phenoxy) is 3. The molecule has 0 aromatic heterocycles. The van der Waals surface area contributed by atoms with Crippen LogP contribution in [0.5, 0.6) is 0 Å². The average Bonchev–Trinajstić information content (AvgIpc) is 2.64. The molecule has 0 aliphatic rings. The van der Waals surface area contributed by atoms with Crippen LogP contribution in [0.15, 0.2) is 0 Å². The number of hydrogen-bond donors (Lipinski definition) is 0. The maximum absolute atomic E-state index is 7.18. The Morgan fingerprint density at radius 1 is 0.395 bits per heavy atom. The Balaban J connectivity index is 5.78. The molecule has 8 nitrogen and oxygen atoms in total. The van der Waals surface area contributed by atoms with Crippen molar-refractivity contribution in [3.63, 3.8) is 0 Å². The molecule has 230 valence electrons. The van der Waals surface area contributed by atoms with Crippen molar-refractivity contribution >= 4 is 50.9 Å². The highest BCUT2D eigenvalue weighted by molar-refractivity contribution is 6.91. The van der Waals surface area contributed by atoms with Gasteiger partial charge in [0.25, 0.3) is 0 Å². The summed E-state index contributed by atoms with van der Waals surface area (Å²) in [5.41, 5.74) is 0. The smallest absolute Gasteiger partial charge is 0.317 e. The van der Waals surface area contributed by atoms with Crippen molar-refractivity contribution in [3.8, 4) is 0 Å². The van der Waals surface area contributed by atoms with Gasteiger partial charge in [0.15, 0.2) is 16.6 Å². The molecule has 0 N–H and O–H groups in total. The Morgan fingerprint density at radius 3 is 1.13 bits per heavy atom. The summed E-state index contributed by atoms with van der Waals surface area (Å²) in [6, 6.07) is 1.68. The third-order valence-corrected chi connectivity index (χ3v) is 27.4. The first-order valence-corrected chi connectivity index (χ1v) is 31.7. The minimum absolute atomic E-state index is 0.682. The topological polar surface area (TPSA) is 73.8 Å². The first kappa shape index (κ1) is 39.0. The fraction of sp³-hybridized carbons (Fsp3) is 1.00. The van der Waals surface area contributed by atoms with Gasteiger partial charge < -0.3 is 34.8 Å². The molecule has 0 saturated heterocycles. The maximum atomic E-state index is 7.18. The fourth-order valence-electron chi connectivity index (χ4n) is 4.84. The standard InChI is InChI=1S/C24H62O8Si6/c1-25-19-15-16-21-27-22-18-24-38(14,31-36(11,12)29-34(6,7)8)32-37(13,23-17-20-26-2)30-35(9,10)28-33(3,4)5/h15-24H2,1-14H3. The van der Waals surface area contributed by atoms with Crippen LogP contribution < -0.4 is 0 Å². The van der Waals surface area contributed by atoms with Crippen LogP contribution in [0, 0.1) is 0 Å². The summed E-state index contributed by atoms with van der Waals surface area (Å²) in [6.45, 7) is 29.2. The lowest BCUT2D eigenvalue weighted by Crippen LogP contribution is -2.61. The molecule has 2 atom stereocenters. The highest BCUT2D eigenvalue weighted by atomic mass is 28.5. The second-order valence-electron chi connectivity index (χ2n) is 13.3. The Kier molecular flexibility index (Phi) is 17.6. The molecule has 0 heterocycles. The van der Waals surface area contributed by atoms with E-state index in [1.165, 1.54) is 0 Å². The quantitative estimate of drug-likeness (QED) is 0.0856. The number of unbranched alkanes of at least 4 members (excludes halogenated alkanes) is 1. The zero-order valence-corrected chi connectivity index (χ0v) is 33.3.